The molecule has 4 rings (SSSR count). The zero-order valence-electron chi connectivity index (χ0n) is 18.3. The largest absolute Gasteiger partial charge is 0.378 e. The molecule has 0 unspecified atom stereocenters. The van der Waals surface area contributed by atoms with Gasteiger partial charge in [-0.15, -0.1) is 0 Å². The Labute approximate surface area is 188 Å². The molecule has 1 amide bonds. The molecule has 2 aromatic rings. The van der Waals surface area contributed by atoms with Crippen molar-refractivity contribution in [3.8, 4) is 0 Å². The van der Waals surface area contributed by atoms with Crippen molar-refractivity contribution in [1.29, 1.82) is 0 Å². The lowest BCUT2D eigenvalue weighted by Gasteiger charge is -2.28. The number of anilines is 1. The molecule has 0 bridgehead atoms. The van der Waals surface area contributed by atoms with Crippen LogP contribution in [-0.4, -0.2) is 55.1 Å². The topological polar surface area (TPSA) is 88.0 Å². The first-order chi connectivity index (χ1) is 15.6. The molecule has 1 N–H and O–H groups in total. The fourth-order valence-corrected chi connectivity index (χ4v) is 4.31. The predicted octanol–water partition coefficient (Wildman–Crippen LogP) is 3.35. The Morgan fingerprint density at radius 3 is 2.34 bits per heavy atom. The van der Waals surface area contributed by atoms with Gasteiger partial charge in [0.05, 0.1) is 18.1 Å². The lowest BCUT2D eigenvalue weighted by Crippen LogP contribution is -2.36. The second-order valence-electron chi connectivity index (χ2n) is 8.40. The maximum absolute atomic E-state index is 12.6. The Balaban J connectivity index is 1.36. The summed E-state index contributed by atoms with van der Waals surface area (Å²) >= 11 is 0. The van der Waals surface area contributed by atoms with Gasteiger partial charge in [-0.2, -0.15) is 0 Å². The van der Waals surface area contributed by atoms with Gasteiger partial charge in [-0.05, 0) is 49.2 Å². The third-order valence-corrected chi connectivity index (χ3v) is 6.12. The SMILES string of the molecule is O=C(NCc1ccc(CN2CCCCC2)cc1)c1ccc(N2CCOCC2)c([N+](=O)[O-])c1. The van der Waals surface area contributed by atoms with Crippen LogP contribution in [0.15, 0.2) is 42.5 Å². The van der Waals surface area contributed by atoms with Crippen LogP contribution in [0.4, 0.5) is 11.4 Å². The van der Waals surface area contributed by atoms with Crippen LogP contribution in [0.1, 0.15) is 40.7 Å². The molecule has 0 saturated carbocycles. The van der Waals surface area contributed by atoms with E-state index < -0.39 is 4.92 Å². The highest BCUT2D eigenvalue weighted by atomic mass is 16.6. The fraction of sp³-hybridized carbons (Fsp3) is 0.458. The summed E-state index contributed by atoms with van der Waals surface area (Å²) in [5, 5.41) is 14.5. The molecule has 2 aromatic carbocycles. The van der Waals surface area contributed by atoms with Crippen LogP contribution in [0.2, 0.25) is 0 Å². The van der Waals surface area contributed by atoms with E-state index in [1.807, 2.05) is 17.0 Å². The Bertz CT molecular complexity index is 936. The van der Waals surface area contributed by atoms with Gasteiger partial charge in [-0.1, -0.05) is 30.7 Å². The molecule has 0 spiro atoms. The number of amides is 1. The molecule has 2 aliphatic heterocycles. The Kier molecular flexibility index (Phi) is 7.34. The number of hydrogen-bond donors (Lipinski definition) is 1. The average Bonchev–Trinajstić information content (AvgIpc) is 2.84. The monoisotopic (exact) mass is 438 g/mol. The predicted molar refractivity (Wildman–Crippen MR) is 123 cm³/mol. The van der Waals surface area contributed by atoms with Crippen molar-refractivity contribution in [3.05, 3.63) is 69.3 Å². The zero-order chi connectivity index (χ0) is 22.3. The molecule has 2 aliphatic rings. The van der Waals surface area contributed by atoms with Crippen molar-refractivity contribution >= 4 is 17.3 Å². The van der Waals surface area contributed by atoms with Crippen molar-refractivity contribution in [2.75, 3.05) is 44.3 Å². The van der Waals surface area contributed by atoms with Gasteiger partial charge in [0.25, 0.3) is 11.6 Å². The van der Waals surface area contributed by atoms with E-state index in [-0.39, 0.29) is 17.2 Å². The van der Waals surface area contributed by atoms with Crippen molar-refractivity contribution in [3.63, 3.8) is 0 Å². The number of hydrogen-bond acceptors (Lipinski definition) is 6. The van der Waals surface area contributed by atoms with E-state index in [4.69, 9.17) is 4.74 Å². The number of carbonyl (C=O) groups excluding carboxylic acids is 1. The number of likely N-dealkylation sites (tertiary alicyclic amines) is 1. The first-order valence-corrected chi connectivity index (χ1v) is 11.3. The second kappa shape index (κ2) is 10.6. The molecule has 0 atom stereocenters. The van der Waals surface area contributed by atoms with Crippen LogP contribution in [-0.2, 0) is 17.8 Å². The third kappa shape index (κ3) is 5.63. The number of carbonyl (C=O) groups is 1. The number of morpholine rings is 1. The minimum Gasteiger partial charge on any atom is -0.378 e. The molecule has 2 fully saturated rings. The number of benzene rings is 2. The highest BCUT2D eigenvalue weighted by Crippen LogP contribution is 2.30. The van der Waals surface area contributed by atoms with Gasteiger partial charge in [0, 0.05) is 37.8 Å². The van der Waals surface area contributed by atoms with E-state index in [0.717, 1.165) is 25.2 Å². The summed E-state index contributed by atoms with van der Waals surface area (Å²) in [5.74, 6) is -0.320. The molecule has 0 aromatic heterocycles. The minimum atomic E-state index is -0.428. The number of ether oxygens (including phenoxy) is 1. The van der Waals surface area contributed by atoms with Gasteiger partial charge in [0.15, 0.2) is 0 Å². The summed E-state index contributed by atoms with van der Waals surface area (Å²) in [6.07, 6.45) is 3.87. The van der Waals surface area contributed by atoms with Gasteiger partial charge in [0.1, 0.15) is 5.69 Å². The minimum absolute atomic E-state index is 0.0541. The highest BCUT2D eigenvalue weighted by Gasteiger charge is 2.23. The zero-order valence-corrected chi connectivity index (χ0v) is 18.3. The molecule has 170 valence electrons. The number of nitrogens with zero attached hydrogens (tertiary/aromatic N) is 3. The molecule has 0 aliphatic carbocycles. The molecule has 2 heterocycles. The van der Waals surface area contributed by atoms with Crippen molar-refractivity contribution < 1.29 is 14.5 Å². The lowest BCUT2D eigenvalue weighted by molar-refractivity contribution is -0.384. The van der Waals surface area contributed by atoms with Crippen LogP contribution in [0.5, 0.6) is 0 Å². The maximum Gasteiger partial charge on any atom is 0.293 e. The van der Waals surface area contributed by atoms with Crippen LogP contribution in [0, 0.1) is 10.1 Å². The van der Waals surface area contributed by atoms with E-state index in [1.54, 1.807) is 12.1 Å². The summed E-state index contributed by atoms with van der Waals surface area (Å²) in [5.41, 5.74) is 3.03. The quantitative estimate of drug-likeness (QED) is 0.527. The van der Waals surface area contributed by atoms with Gasteiger partial charge in [-0.25, -0.2) is 0 Å². The van der Waals surface area contributed by atoms with E-state index in [1.165, 1.54) is 30.9 Å². The summed E-state index contributed by atoms with van der Waals surface area (Å²) < 4.78 is 5.32. The van der Waals surface area contributed by atoms with Gasteiger partial charge < -0.3 is 15.0 Å². The van der Waals surface area contributed by atoms with Crippen molar-refractivity contribution in [2.24, 2.45) is 0 Å². The van der Waals surface area contributed by atoms with E-state index in [9.17, 15) is 14.9 Å². The van der Waals surface area contributed by atoms with E-state index >= 15 is 0 Å². The van der Waals surface area contributed by atoms with E-state index in [2.05, 4.69) is 22.3 Å². The third-order valence-electron chi connectivity index (χ3n) is 6.12. The number of rotatable bonds is 7. The lowest BCUT2D eigenvalue weighted by atomic mass is 10.1. The molecular formula is C24H30N4O4. The van der Waals surface area contributed by atoms with Crippen molar-refractivity contribution in [1.82, 2.24) is 10.2 Å². The molecule has 2 saturated heterocycles. The Morgan fingerprint density at radius 2 is 1.66 bits per heavy atom. The van der Waals surface area contributed by atoms with Gasteiger partial charge in [-0.3, -0.25) is 19.8 Å². The van der Waals surface area contributed by atoms with Crippen LogP contribution < -0.4 is 10.2 Å². The summed E-state index contributed by atoms with van der Waals surface area (Å²) in [6, 6.07) is 13.0. The normalized spacial score (nSPS) is 17.2. The smallest absolute Gasteiger partial charge is 0.293 e. The van der Waals surface area contributed by atoms with Crippen LogP contribution >= 0.6 is 0 Å². The van der Waals surface area contributed by atoms with Crippen LogP contribution in [0.25, 0.3) is 0 Å². The first kappa shape index (κ1) is 22.2. The molecular weight excluding hydrogens is 408 g/mol. The first-order valence-electron chi connectivity index (χ1n) is 11.3. The summed E-state index contributed by atoms with van der Waals surface area (Å²) in [6.45, 7) is 5.93. The van der Waals surface area contributed by atoms with Gasteiger partial charge in [0.2, 0.25) is 0 Å². The molecule has 0 radical (unpaired) electrons. The number of nitro benzene ring substituents is 1. The Morgan fingerprint density at radius 1 is 0.969 bits per heavy atom. The van der Waals surface area contributed by atoms with E-state index in [0.29, 0.717) is 38.5 Å². The Hall–Kier alpha value is -2.97. The number of piperidine rings is 1. The average molecular weight is 439 g/mol. The molecule has 8 nitrogen and oxygen atoms in total. The molecule has 32 heavy (non-hydrogen) atoms. The second-order valence-corrected chi connectivity index (χ2v) is 8.40. The summed E-state index contributed by atoms with van der Waals surface area (Å²) in [7, 11) is 0. The van der Waals surface area contributed by atoms with Gasteiger partial charge >= 0.3 is 0 Å². The summed E-state index contributed by atoms with van der Waals surface area (Å²) in [4.78, 5) is 28.2. The molecule has 8 heteroatoms. The maximum atomic E-state index is 12.6. The fourth-order valence-electron chi connectivity index (χ4n) is 4.31. The van der Waals surface area contributed by atoms with Crippen molar-refractivity contribution in [2.45, 2.75) is 32.4 Å². The highest BCUT2D eigenvalue weighted by molar-refractivity contribution is 5.95. The standard InChI is InChI=1S/C24H30N4O4/c29-24(21-8-9-22(23(16-21)28(30)31)27-12-14-32-15-13-27)25-17-19-4-6-20(7-5-19)18-26-10-2-1-3-11-26/h4-9,16H,1-3,10-15,17-18H2,(H,25,29). The van der Waals surface area contributed by atoms with Crippen LogP contribution in [0.3, 0.4) is 0 Å². The number of nitro groups is 1. The number of nitrogens with one attached hydrogen (secondary N) is 1.